The fraction of sp³-hybridized carbons (Fsp3) is 0.273. The van der Waals surface area contributed by atoms with E-state index in [0.29, 0.717) is 5.92 Å². The van der Waals surface area contributed by atoms with Crippen LogP contribution in [0.4, 0.5) is 0 Å². The summed E-state index contributed by atoms with van der Waals surface area (Å²) in [7, 11) is 0. The molecule has 0 spiro atoms. The number of pyridine rings is 1. The van der Waals surface area contributed by atoms with Gasteiger partial charge in [0.05, 0.1) is 16.9 Å². The molecule has 1 aliphatic rings. The third-order valence-electron chi connectivity index (χ3n) is 7.20. The fourth-order valence-corrected chi connectivity index (χ4v) is 5.44. The van der Waals surface area contributed by atoms with Crippen LogP contribution in [0.25, 0.3) is 44.1 Å². The number of carbonyl (C=O) groups excluding carboxylic acids is 1. The van der Waals surface area contributed by atoms with E-state index in [1.165, 1.54) is 52.9 Å². The van der Waals surface area contributed by atoms with E-state index in [2.05, 4.69) is 77.1 Å². The van der Waals surface area contributed by atoms with Crippen molar-refractivity contribution in [2.75, 3.05) is 0 Å². The van der Waals surface area contributed by atoms with Crippen molar-refractivity contribution >= 4 is 38.6 Å². The van der Waals surface area contributed by atoms with Crippen molar-refractivity contribution in [2.45, 2.75) is 59.8 Å². The number of aliphatic hydroxyl groups is 1. The van der Waals surface area contributed by atoms with Crippen molar-refractivity contribution in [3.05, 3.63) is 88.7 Å². The second-order valence-electron chi connectivity index (χ2n) is 10.9. The summed E-state index contributed by atoms with van der Waals surface area (Å²) < 4.78 is 6.47. The van der Waals surface area contributed by atoms with E-state index >= 15 is 0 Å². The summed E-state index contributed by atoms with van der Waals surface area (Å²) in [5, 5.41) is 11.9. The maximum atomic E-state index is 10.0. The molecule has 0 bridgehead atoms. The Kier molecular flexibility index (Phi) is 7.40. The van der Waals surface area contributed by atoms with Crippen LogP contribution in [-0.2, 0) is 30.3 Å². The number of rotatable bonds is 2. The van der Waals surface area contributed by atoms with Crippen LogP contribution in [0.3, 0.4) is 0 Å². The molecule has 0 fully saturated rings. The summed E-state index contributed by atoms with van der Waals surface area (Å²) in [5.74, 6) is 0.331. The Labute approximate surface area is 237 Å². The third-order valence-corrected chi connectivity index (χ3v) is 7.20. The number of ketones is 1. The number of benzene rings is 3. The Morgan fingerprint density at radius 1 is 1.05 bits per heavy atom. The van der Waals surface area contributed by atoms with Crippen molar-refractivity contribution in [2.24, 2.45) is 0 Å². The van der Waals surface area contributed by atoms with Crippen molar-refractivity contribution < 1.29 is 34.4 Å². The minimum Gasteiger partial charge on any atom is -0.512 e. The van der Waals surface area contributed by atoms with Gasteiger partial charge in [0.1, 0.15) is 5.58 Å². The number of aryl methyl sites for hydroxylation is 1. The summed E-state index contributed by atoms with van der Waals surface area (Å²) >= 11 is 0. The Balaban J connectivity index is 0.000000375. The molecule has 0 saturated heterocycles. The van der Waals surface area contributed by atoms with Crippen LogP contribution >= 0.6 is 0 Å². The molecule has 1 N–H and O–H groups in total. The van der Waals surface area contributed by atoms with Crippen molar-refractivity contribution in [1.29, 1.82) is 0 Å². The summed E-state index contributed by atoms with van der Waals surface area (Å²) in [6, 6.07) is 20.9. The van der Waals surface area contributed by atoms with Gasteiger partial charge in [-0.25, -0.2) is 0 Å². The second kappa shape index (κ2) is 10.1. The number of hydrogen-bond donors (Lipinski definition) is 1. The van der Waals surface area contributed by atoms with E-state index < -0.39 is 0 Å². The van der Waals surface area contributed by atoms with E-state index in [1.807, 2.05) is 12.1 Å². The Bertz CT molecular complexity index is 1740. The first-order valence-electron chi connectivity index (χ1n) is 12.7. The molecule has 0 saturated carbocycles. The number of fused-ring (bicyclic) bond motifs is 3. The minimum atomic E-state index is -0.211. The van der Waals surface area contributed by atoms with Crippen LogP contribution in [0.15, 0.2) is 64.8 Å². The number of aliphatic hydroxyl groups excluding tert-OH is 1. The predicted octanol–water partition coefficient (Wildman–Crippen LogP) is 8.71. The Morgan fingerprint density at radius 3 is 2.42 bits per heavy atom. The molecule has 197 valence electrons. The summed E-state index contributed by atoms with van der Waals surface area (Å²) in [4.78, 5) is 15.2. The van der Waals surface area contributed by atoms with E-state index in [9.17, 15) is 4.79 Å². The molecule has 4 nitrogen and oxygen atoms in total. The van der Waals surface area contributed by atoms with Crippen LogP contribution in [-0.4, -0.2) is 15.9 Å². The van der Waals surface area contributed by atoms with E-state index in [-0.39, 0.29) is 37.1 Å². The van der Waals surface area contributed by atoms with Crippen LogP contribution < -0.4 is 0 Å². The number of allylic oxidation sites excluding steroid dienone is 2. The molecule has 0 amide bonds. The van der Waals surface area contributed by atoms with Crippen LogP contribution in [0.1, 0.15) is 69.7 Å². The molecule has 0 aliphatic heterocycles. The second-order valence-corrected chi connectivity index (χ2v) is 10.9. The predicted molar refractivity (Wildman–Crippen MR) is 151 cm³/mol. The van der Waals surface area contributed by atoms with Crippen LogP contribution in [0, 0.1) is 13.0 Å². The van der Waals surface area contributed by atoms with E-state index in [4.69, 9.17) is 14.5 Å². The molecule has 0 atom stereocenters. The number of hydrogen-bond acceptors (Lipinski definition) is 4. The van der Waals surface area contributed by atoms with Crippen LogP contribution in [0.5, 0.6) is 0 Å². The quantitative estimate of drug-likeness (QED) is 0.115. The monoisotopic (exact) mass is 683 g/mol. The number of aromatic nitrogens is 1. The summed E-state index contributed by atoms with van der Waals surface area (Å²) in [6.07, 6.45) is 1.17. The zero-order valence-electron chi connectivity index (χ0n) is 22.8. The average Bonchev–Trinajstić information content (AvgIpc) is 3.18. The van der Waals surface area contributed by atoms with Gasteiger partial charge in [-0.2, -0.15) is 0 Å². The number of furan rings is 1. The minimum absolute atomic E-state index is 0. The van der Waals surface area contributed by atoms with Gasteiger partial charge in [-0.1, -0.05) is 74.5 Å². The zero-order chi connectivity index (χ0) is 26.6. The molecule has 1 aliphatic carbocycles. The van der Waals surface area contributed by atoms with E-state index in [1.54, 1.807) is 0 Å². The smallest absolute Gasteiger partial charge is 0.155 e. The van der Waals surface area contributed by atoms with Crippen molar-refractivity contribution in [1.82, 2.24) is 4.98 Å². The molecular formula is C33H32IrNO3-. The van der Waals surface area contributed by atoms with E-state index in [0.717, 1.165) is 33.3 Å². The van der Waals surface area contributed by atoms with Gasteiger partial charge >= 0.3 is 0 Å². The first kappa shape index (κ1) is 27.8. The van der Waals surface area contributed by atoms with Gasteiger partial charge in [0.25, 0.3) is 0 Å². The van der Waals surface area contributed by atoms with Gasteiger partial charge in [0.15, 0.2) is 5.78 Å². The molecule has 1 radical (unpaired) electrons. The maximum absolute atomic E-state index is 10.0. The maximum Gasteiger partial charge on any atom is 0.155 e. The summed E-state index contributed by atoms with van der Waals surface area (Å²) in [6.45, 7) is 14.1. The molecular weight excluding hydrogens is 651 g/mol. The van der Waals surface area contributed by atoms with Crippen molar-refractivity contribution in [3.8, 4) is 11.3 Å². The molecule has 38 heavy (non-hydrogen) atoms. The number of nitrogens with zero attached hydrogens (tertiary/aromatic N) is 1. The molecule has 5 heteroatoms. The molecule has 6 rings (SSSR count). The van der Waals surface area contributed by atoms with Gasteiger partial charge in [0, 0.05) is 31.6 Å². The summed E-state index contributed by atoms with van der Waals surface area (Å²) in [5.41, 5.74) is 9.88. The largest absolute Gasteiger partial charge is 0.512 e. The fourth-order valence-electron chi connectivity index (χ4n) is 5.44. The average molecular weight is 683 g/mol. The molecule has 5 aromatic rings. The molecule has 3 aromatic carbocycles. The molecule has 2 aromatic heterocycles. The molecule has 2 heterocycles. The first-order chi connectivity index (χ1) is 17.5. The van der Waals surface area contributed by atoms with Gasteiger partial charge in [-0.05, 0) is 66.4 Å². The third kappa shape index (κ3) is 4.59. The molecule has 0 unspecified atom stereocenters. The van der Waals surface area contributed by atoms with Crippen molar-refractivity contribution in [3.63, 3.8) is 0 Å². The Morgan fingerprint density at radius 2 is 1.79 bits per heavy atom. The van der Waals surface area contributed by atoms with Crippen LogP contribution in [0.2, 0.25) is 0 Å². The van der Waals surface area contributed by atoms with Gasteiger partial charge < -0.3 is 9.52 Å². The topological polar surface area (TPSA) is 63.3 Å². The normalized spacial score (nSPS) is 13.7. The van der Waals surface area contributed by atoms with Gasteiger partial charge in [-0.3, -0.25) is 9.78 Å². The SMILES string of the molecule is CC(=O)/C=C(/C)O.Cc1ccc2nc3c(cc2c1)C(C)(C)c1ccc(C(C)C)c2oc4cc[c-]c-3c4c12.[Ir]. The van der Waals surface area contributed by atoms with Gasteiger partial charge in [0.2, 0.25) is 0 Å². The number of carbonyl (C=O) groups is 1. The Hall–Kier alpha value is -3.27. The zero-order valence-corrected chi connectivity index (χ0v) is 25.2. The first-order valence-corrected chi connectivity index (χ1v) is 12.7. The van der Waals surface area contributed by atoms with Gasteiger partial charge in [-0.15, -0.1) is 17.7 Å². The standard InChI is InChI=1S/C28H24NO.C5H8O2.Ir/c1-15(2)18-10-11-20-25-24-19(7-6-8-23(24)30-27(18)25)26-21(28(20,4)5)14-17-13-16(3)9-12-22(17)29-26;1-4(6)3-5(2)7;/h6,8-15H,1-5H3;3,6H,1-2H3;/q-1;;/b;4-3-;.